The van der Waals surface area contributed by atoms with Crippen LogP contribution in [0.3, 0.4) is 0 Å². The van der Waals surface area contributed by atoms with E-state index in [0.717, 1.165) is 41.1 Å². The molecule has 0 radical (unpaired) electrons. The van der Waals surface area contributed by atoms with Gasteiger partial charge in [0.05, 0.1) is 11.2 Å². The second-order valence-corrected chi connectivity index (χ2v) is 6.06. The molecule has 0 aliphatic heterocycles. The van der Waals surface area contributed by atoms with E-state index in [1.807, 2.05) is 30.5 Å². The van der Waals surface area contributed by atoms with Crippen LogP contribution in [0, 0.1) is 0 Å². The molecule has 0 spiro atoms. The lowest BCUT2D eigenvalue weighted by Crippen LogP contribution is -2.23. The first-order chi connectivity index (χ1) is 10.2. The van der Waals surface area contributed by atoms with E-state index in [1.165, 1.54) is 12.8 Å². The summed E-state index contributed by atoms with van der Waals surface area (Å²) in [6.07, 6.45) is 5.41. The topological polar surface area (TPSA) is 37.0 Å². The van der Waals surface area contributed by atoms with Gasteiger partial charge in [0.2, 0.25) is 0 Å². The maximum atomic E-state index is 6.16. The molecule has 0 saturated heterocycles. The van der Waals surface area contributed by atoms with Crippen LogP contribution < -0.4 is 10.6 Å². The number of rotatable bonds is 8. The normalized spacial score (nSPS) is 11.2. The van der Waals surface area contributed by atoms with Crippen molar-refractivity contribution < 1.29 is 0 Å². The summed E-state index contributed by atoms with van der Waals surface area (Å²) in [5.74, 6) is 0. The summed E-state index contributed by atoms with van der Waals surface area (Å²) in [4.78, 5) is 4.44. The molecular formula is C17H24ClN3. The van der Waals surface area contributed by atoms with Crippen LogP contribution in [-0.2, 0) is 0 Å². The van der Waals surface area contributed by atoms with Crippen molar-refractivity contribution in [3.8, 4) is 0 Å². The minimum Gasteiger partial charge on any atom is -0.383 e. The lowest BCUT2D eigenvalue weighted by Gasteiger charge is -2.10. The summed E-state index contributed by atoms with van der Waals surface area (Å²) in [6, 6.07) is 8.46. The highest BCUT2D eigenvalue weighted by Gasteiger charge is 2.03. The van der Waals surface area contributed by atoms with E-state index in [4.69, 9.17) is 11.6 Å². The maximum Gasteiger partial charge on any atom is 0.0934 e. The van der Waals surface area contributed by atoms with Gasteiger partial charge >= 0.3 is 0 Å². The van der Waals surface area contributed by atoms with Gasteiger partial charge in [0.15, 0.2) is 0 Å². The molecule has 4 heteroatoms. The van der Waals surface area contributed by atoms with E-state index in [9.17, 15) is 0 Å². The smallest absolute Gasteiger partial charge is 0.0934 e. The van der Waals surface area contributed by atoms with Crippen LogP contribution in [0.4, 0.5) is 5.69 Å². The first-order valence-electron chi connectivity index (χ1n) is 7.68. The molecule has 0 bridgehead atoms. The molecule has 0 fully saturated rings. The zero-order valence-corrected chi connectivity index (χ0v) is 13.6. The molecule has 1 aromatic carbocycles. The molecule has 0 unspecified atom stereocenters. The predicted octanol–water partition coefficient (Wildman–Crippen LogP) is 4.47. The van der Waals surface area contributed by atoms with Crippen molar-refractivity contribution in [1.82, 2.24) is 10.3 Å². The van der Waals surface area contributed by atoms with Crippen molar-refractivity contribution in [2.24, 2.45) is 0 Å². The number of hydrogen-bond donors (Lipinski definition) is 2. The van der Waals surface area contributed by atoms with Gasteiger partial charge in [-0.2, -0.15) is 0 Å². The third-order valence-electron chi connectivity index (χ3n) is 3.39. The molecule has 1 heterocycles. The minimum atomic E-state index is 0.576. The first kappa shape index (κ1) is 16.1. The molecule has 2 aromatic rings. The van der Waals surface area contributed by atoms with Gasteiger partial charge in [-0.1, -0.05) is 37.9 Å². The van der Waals surface area contributed by atoms with Crippen molar-refractivity contribution in [3.63, 3.8) is 0 Å². The Kier molecular flexibility index (Phi) is 6.27. The highest BCUT2D eigenvalue weighted by atomic mass is 35.5. The second kappa shape index (κ2) is 8.20. The Morgan fingerprint density at radius 3 is 2.76 bits per heavy atom. The third kappa shape index (κ3) is 5.18. The standard InChI is InChI=1S/C17H24ClN3/c1-13(2)19-8-4-3-5-9-20-16-12-15(18)11-14-7-6-10-21-17(14)16/h6-7,10-13,19-20H,3-5,8-9H2,1-2H3. The lowest BCUT2D eigenvalue weighted by molar-refractivity contribution is 0.552. The van der Waals surface area contributed by atoms with Crippen molar-refractivity contribution in [2.45, 2.75) is 39.2 Å². The van der Waals surface area contributed by atoms with E-state index in [-0.39, 0.29) is 0 Å². The summed E-state index contributed by atoms with van der Waals surface area (Å²) in [6.45, 7) is 6.41. The van der Waals surface area contributed by atoms with Crippen LogP contribution in [0.1, 0.15) is 33.1 Å². The fourth-order valence-electron chi connectivity index (χ4n) is 2.33. The van der Waals surface area contributed by atoms with Crippen LogP contribution in [0.2, 0.25) is 5.02 Å². The fraction of sp³-hybridized carbons (Fsp3) is 0.471. The number of nitrogens with one attached hydrogen (secondary N) is 2. The Hall–Kier alpha value is -1.32. The maximum absolute atomic E-state index is 6.16. The number of hydrogen-bond acceptors (Lipinski definition) is 3. The highest BCUT2D eigenvalue weighted by molar-refractivity contribution is 6.31. The molecule has 114 valence electrons. The van der Waals surface area contributed by atoms with Gasteiger partial charge in [0.25, 0.3) is 0 Å². The summed E-state index contributed by atoms with van der Waals surface area (Å²) in [7, 11) is 0. The number of aromatic nitrogens is 1. The van der Waals surface area contributed by atoms with E-state index in [0.29, 0.717) is 6.04 Å². The van der Waals surface area contributed by atoms with Crippen molar-refractivity contribution >= 4 is 28.2 Å². The van der Waals surface area contributed by atoms with Gasteiger partial charge in [0, 0.05) is 29.2 Å². The van der Waals surface area contributed by atoms with Crippen LogP contribution in [0.15, 0.2) is 30.5 Å². The Morgan fingerprint density at radius 2 is 1.95 bits per heavy atom. The quantitative estimate of drug-likeness (QED) is 0.707. The Bertz CT molecular complexity index is 569. The first-order valence-corrected chi connectivity index (χ1v) is 8.06. The summed E-state index contributed by atoms with van der Waals surface area (Å²) in [5, 5.41) is 8.73. The van der Waals surface area contributed by atoms with Gasteiger partial charge in [-0.3, -0.25) is 4.98 Å². The van der Waals surface area contributed by atoms with Gasteiger partial charge in [-0.25, -0.2) is 0 Å². The summed E-state index contributed by atoms with van der Waals surface area (Å²) in [5.41, 5.74) is 2.02. The number of anilines is 1. The van der Waals surface area contributed by atoms with E-state index in [2.05, 4.69) is 29.5 Å². The molecule has 2 N–H and O–H groups in total. The van der Waals surface area contributed by atoms with Gasteiger partial charge < -0.3 is 10.6 Å². The van der Waals surface area contributed by atoms with Crippen LogP contribution in [-0.4, -0.2) is 24.1 Å². The molecule has 0 atom stereocenters. The van der Waals surface area contributed by atoms with Gasteiger partial charge in [0.1, 0.15) is 0 Å². The number of nitrogens with zero attached hydrogens (tertiary/aromatic N) is 1. The minimum absolute atomic E-state index is 0.576. The molecule has 1 aromatic heterocycles. The SMILES string of the molecule is CC(C)NCCCCCNc1cc(Cl)cc2cccnc12. The Balaban J connectivity index is 1.81. The van der Waals surface area contributed by atoms with Crippen molar-refractivity contribution in [2.75, 3.05) is 18.4 Å². The zero-order valence-electron chi connectivity index (χ0n) is 12.8. The van der Waals surface area contributed by atoms with Crippen molar-refractivity contribution in [3.05, 3.63) is 35.5 Å². The average Bonchev–Trinajstić information content (AvgIpc) is 2.45. The van der Waals surface area contributed by atoms with Crippen LogP contribution in [0.5, 0.6) is 0 Å². The third-order valence-corrected chi connectivity index (χ3v) is 3.61. The average molecular weight is 306 g/mol. The number of fused-ring (bicyclic) bond motifs is 1. The van der Waals surface area contributed by atoms with Crippen LogP contribution in [0.25, 0.3) is 10.9 Å². The summed E-state index contributed by atoms with van der Waals surface area (Å²) >= 11 is 6.16. The number of halogens is 1. The summed E-state index contributed by atoms with van der Waals surface area (Å²) < 4.78 is 0. The number of benzene rings is 1. The molecule has 3 nitrogen and oxygen atoms in total. The van der Waals surface area contributed by atoms with Crippen LogP contribution >= 0.6 is 11.6 Å². The zero-order chi connectivity index (χ0) is 15.1. The Morgan fingerprint density at radius 1 is 1.14 bits per heavy atom. The lowest BCUT2D eigenvalue weighted by atomic mass is 10.2. The second-order valence-electron chi connectivity index (χ2n) is 5.62. The number of pyridine rings is 1. The predicted molar refractivity (Wildman–Crippen MR) is 92.2 cm³/mol. The van der Waals surface area contributed by atoms with Gasteiger partial charge in [-0.05, 0) is 37.6 Å². The van der Waals surface area contributed by atoms with E-state index in [1.54, 1.807) is 0 Å². The molecule has 21 heavy (non-hydrogen) atoms. The molecule has 0 amide bonds. The molecule has 0 aliphatic carbocycles. The molecule has 0 aliphatic rings. The monoisotopic (exact) mass is 305 g/mol. The molecule has 2 rings (SSSR count). The number of unbranched alkanes of at least 4 members (excludes halogenated alkanes) is 2. The van der Waals surface area contributed by atoms with Gasteiger partial charge in [-0.15, -0.1) is 0 Å². The van der Waals surface area contributed by atoms with E-state index >= 15 is 0 Å². The van der Waals surface area contributed by atoms with E-state index < -0.39 is 0 Å². The molecule has 0 saturated carbocycles. The fourth-order valence-corrected chi connectivity index (χ4v) is 2.56. The van der Waals surface area contributed by atoms with Crippen molar-refractivity contribution in [1.29, 1.82) is 0 Å². The molecular weight excluding hydrogens is 282 g/mol. The largest absolute Gasteiger partial charge is 0.383 e. The highest BCUT2D eigenvalue weighted by Crippen LogP contribution is 2.26. The Labute approximate surface area is 132 Å².